The van der Waals surface area contributed by atoms with Gasteiger partial charge in [0, 0.05) is 37.6 Å². The largest absolute Gasteiger partial charge is 0.356 e. The van der Waals surface area contributed by atoms with E-state index in [1.165, 1.54) is 11.1 Å². The first-order chi connectivity index (χ1) is 13.0. The topological polar surface area (TPSA) is 54.3 Å². The lowest BCUT2D eigenvalue weighted by molar-refractivity contribution is -0.124. The standard InChI is InChI=1S/C22H27N3O2/c1-4-5-9-23-22(27)16-10-18-17-7-6-8-19-21(17)15(13-25(19)14(2)26)11-20(18)24(3)12-16/h6-8,10,13,16,20H,4-5,9,11-12H2,1-3H3,(H,23,27). The van der Waals surface area contributed by atoms with Gasteiger partial charge >= 0.3 is 0 Å². The van der Waals surface area contributed by atoms with Crippen LogP contribution in [0.25, 0.3) is 16.5 Å². The molecule has 4 rings (SSSR count). The molecule has 2 atom stereocenters. The zero-order valence-corrected chi connectivity index (χ0v) is 16.3. The van der Waals surface area contributed by atoms with Crippen molar-refractivity contribution in [2.24, 2.45) is 5.92 Å². The Morgan fingerprint density at radius 2 is 2.11 bits per heavy atom. The fraction of sp³-hybridized carbons (Fsp3) is 0.455. The molecule has 0 saturated heterocycles. The van der Waals surface area contributed by atoms with Gasteiger partial charge < -0.3 is 5.32 Å². The van der Waals surface area contributed by atoms with Gasteiger partial charge in [-0.15, -0.1) is 0 Å². The fourth-order valence-electron chi connectivity index (χ4n) is 4.50. The maximum Gasteiger partial charge on any atom is 0.228 e. The highest BCUT2D eigenvalue weighted by atomic mass is 16.2. The number of nitrogens with one attached hydrogen (secondary N) is 1. The summed E-state index contributed by atoms with van der Waals surface area (Å²) in [7, 11) is 2.09. The van der Waals surface area contributed by atoms with Crippen LogP contribution in [0.5, 0.6) is 0 Å². The molecule has 2 unspecified atom stereocenters. The number of likely N-dealkylation sites (N-methyl/N-ethyl adjacent to an activating group) is 1. The summed E-state index contributed by atoms with van der Waals surface area (Å²) in [4.78, 5) is 27.0. The van der Waals surface area contributed by atoms with Gasteiger partial charge in [0.25, 0.3) is 0 Å². The number of aromatic nitrogens is 1. The van der Waals surface area contributed by atoms with Crippen molar-refractivity contribution in [3.63, 3.8) is 0 Å². The van der Waals surface area contributed by atoms with Crippen LogP contribution in [-0.4, -0.2) is 47.5 Å². The van der Waals surface area contributed by atoms with Gasteiger partial charge in [0.2, 0.25) is 11.8 Å². The first-order valence-electron chi connectivity index (χ1n) is 9.85. The normalized spacial score (nSPS) is 21.7. The maximum absolute atomic E-state index is 12.6. The molecule has 1 aliphatic carbocycles. The van der Waals surface area contributed by atoms with E-state index in [0.29, 0.717) is 0 Å². The van der Waals surface area contributed by atoms with Crippen molar-refractivity contribution in [1.29, 1.82) is 0 Å². The molecule has 142 valence electrons. The molecule has 0 radical (unpaired) electrons. The summed E-state index contributed by atoms with van der Waals surface area (Å²) in [5, 5.41) is 4.24. The molecule has 2 heterocycles. The molecule has 1 amide bonds. The molecule has 1 aliphatic heterocycles. The number of carbonyl (C=O) groups is 2. The van der Waals surface area contributed by atoms with E-state index < -0.39 is 0 Å². The van der Waals surface area contributed by atoms with Crippen LogP contribution in [0.15, 0.2) is 30.5 Å². The van der Waals surface area contributed by atoms with Crippen molar-refractivity contribution >= 4 is 28.3 Å². The summed E-state index contributed by atoms with van der Waals surface area (Å²) in [5.41, 5.74) is 4.57. The first kappa shape index (κ1) is 18.0. The van der Waals surface area contributed by atoms with E-state index in [0.717, 1.165) is 48.8 Å². The number of rotatable bonds is 4. The Morgan fingerprint density at radius 1 is 1.30 bits per heavy atom. The zero-order chi connectivity index (χ0) is 19.1. The van der Waals surface area contributed by atoms with Crippen LogP contribution in [0.3, 0.4) is 0 Å². The van der Waals surface area contributed by atoms with E-state index >= 15 is 0 Å². The molecule has 0 saturated carbocycles. The molecule has 5 nitrogen and oxygen atoms in total. The van der Waals surface area contributed by atoms with Crippen molar-refractivity contribution in [2.45, 2.75) is 39.2 Å². The Kier molecular flexibility index (Phi) is 4.64. The van der Waals surface area contributed by atoms with E-state index in [9.17, 15) is 9.59 Å². The lowest BCUT2D eigenvalue weighted by Crippen LogP contribution is -2.46. The van der Waals surface area contributed by atoms with Crippen LogP contribution in [0.2, 0.25) is 0 Å². The number of hydrogen-bond donors (Lipinski definition) is 1. The third-order valence-electron chi connectivity index (χ3n) is 5.89. The van der Waals surface area contributed by atoms with E-state index in [-0.39, 0.29) is 23.8 Å². The Bertz CT molecular complexity index is 940. The van der Waals surface area contributed by atoms with Gasteiger partial charge in [0.15, 0.2) is 0 Å². The molecular formula is C22H27N3O2. The highest BCUT2D eigenvalue weighted by Crippen LogP contribution is 2.41. The predicted molar refractivity (Wildman–Crippen MR) is 108 cm³/mol. The summed E-state index contributed by atoms with van der Waals surface area (Å²) in [5.74, 6) is 0.00844. The van der Waals surface area contributed by atoms with Gasteiger partial charge in [-0.05, 0) is 42.7 Å². The second-order valence-corrected chi connectivity index (χ2v) is 7.78. The summed E-state index contributed by atoms with van der Waals surface area (Å²) >= 11 is 0. The minimum Gasteiger partial charge on any atom is -0.356 e. The number of benzene rings is 1. The van der Waals surface area contributed by atoms with Gasteiger partial charge in [-0.3, -0.25) is 19.1 Å². The highest BCUT2D eigenvalue weighted by Gasteiger charge is 2.36. The summed E-state index contributed by atoms with van der Waals surface area (Å²) < 4.78 is 1.75. The molecule has 1 aromatic carbocycles. The lowest BCUT2D eigenvalue weighted by Gasteiger charge is -2.39. The van der Waals surface area contributed by atoms with Crippen molar-refractivity contribution < 1.29 is 9.59 Å². The molecule has 1 aromatic heterocycles. The molecular weight excluding hydrogens is 338 g/mol. The van der Waals surface area contributed by atoms with Crippen molar-refractivity contribution in [1.82, 2.24) is 14.8 Å². The monoisotopic (exact) mass is 365 g/mol. The predicted octanol–water partition coefficient (Wildman–Crippen LogP) is 3.09. The maximum atomic E-state index is 12.6. The molecule has 2 aliphatic rings. The summed E-state index contributed by atoms with van der Waals surface area (Å²) in [6.07, 6.45) is 7.11. The van der Waals surface area contributed by atoms with E-state index in [1.807, 2.05) is 18.3 Å². The SMILES string of the molecule is CCCCNC(=O)C1C=C2c3cccc4c3c(cn4C(C)=O)CC2N(C)C1. The number of fused-ring (bicyclic) bond motifs is 2. The molecule has 27 heavy (non-hydrogen) atoms. The third-order valence-corrected chi connectivity index (χ3v) is 5.89. The first-order valence-corrected chi connectivity index (χ1v) is 9.85. The van der Waals surface area contributed by atoms with Gasteiger partial charge in [0.05, 0.1) is 11.4 Å². The highest BCUT2D eigenvalue weighted by molar-refractivity contribution is 6.03. The minimum atomic E-state index is -0.134. The van der Waals surface area contributed by atoms with Crippen molar-refractivity contribution in [2.75, 3.05) is 20.1 Å². The van der Waals surface area contributed by atoms with Crippen LogP contribution in [0, 0.1) is 5.92 Å². The number of amides is 1. The molecule has 0 bridgehead atoms. The molecule has 1 N–H and O–H groups in total. The molecule has 2 aromatic rings. The van der Waals surface area contributed by atoms with E-state index in [1.54, 1.807) is 11.5 Å². The average molecular weight is 365 g/mol. The van der Waals surface area contributed by atoms with Crippen molar-refractivity contribution in [3.8, 4) is 0 Å². The van der Waals surface area contributed by atoms with Crippen molar-refractivity contribution in [3.05, 3.63) is 41.6 Å². The summed E-state index contributed by atoms with van der Waals surface area (Å²) in [6.45, 7) is 5.19. The van der Waals surface area contributed by atoms with Crippen LogP contribution in [0.4, 0.5) is 0 Å². The van der Waals surface area contributed by atoms with Gasteiger partial charge in [-0.1, -0.05) is 31.6 Å². The Hall–Kier alpha value is -2.40. The summed E-state index contributed by atoms with van der Waals surface area (Å²) in [6, 6.07) is 6.39. The van der Waals surface area contributed by atoms with Crippen LogP contribution in [-0.2, 0) is 11.2 Å². The fourth-order valence-corrected chi connectivity index (χ4v) is 4.50. The molecule has 0 fully saturated rings. The smallest absolute Gasteiger partial charge is 0.228 e. The van der Waals surface area contributed by atoms with Gasteiger partial charge in [-0.2, -0.15) is 0 Å². The zero-order valence-electron chi connectivity index (χ0n) is 16.3. The Balaban J connectivity index is 1.75. The van der Waals surface area contributed by atoms with E-state index in [2.05, 4.69) is 36.3 Å². The minimum absolute atomic E-state index is 0.0313. The van der Waals surface area contributed by atoms with E-state index in [4.69, 9.17) is 0 Å². The second-order valence-electron chi connectivity index (χ2n) is 7.78. The van der Waals surface area contributed by atoms with Gasteiger partial charge in [-0.25, -0.2) is 0 Å². The second kappa shape index (κ2) is 6.97. The molecule has 0 spiro atoms. The van der Waals surface area contributed by atoms with Crippen LogP contribution < -0.4 is 5.32 Å². The average Bonchev–Trinajstić information content (AvgIpc) is 3.03. The van der Waals surface area contributed by atoms with Gasteiger partial charge in [0.1, 0.15) is 0 Å². The Labute approximate surface area is 160 Å². The number of hydrogen-bond acceptors (Lipinski definition) is 3. The van der Waals surface area contributed by atoms with Crippen LogP contribution in [0.1, 0.15) is 42.6 Å². The number of carbonyl (C=O) groups excluding carboxylic acids is 2. The molecule has 5 heteroatoms. The number of unbranched alkanes of at least 4 members (excludes halogenated alkanes) is 1. The quantitative estimate of drug-likeness (QED) is 0.847. The van der Waals surface area contributed by atoms with Crippen LogP contribution >= 0.6 is 0 Å². The number of nitrogens with zero attached hydrogens (tertiary/aromatic N) is 2. The lowest BCUT2D eigenvalue weighted by atomic mass is 9.80. The third kappa shape index (κ3) is 3.00. The Morgan fingerprint density at radius 3 is 2.85 bits per heavy atom.